The lowest BCUT2D eigenvalue weighted by atomic mass is 9.79. The molecule has 0 saturated carbocycles. The van der Waals surface area contributed by atoms with Gasteiger partial charge in [-0.05, 0) is 72.8 Å². The molecule has 166 valence electrons. The summed E-state index contributed by atoms with van der Waals surface area (Å²) in [5.41, 5.74) is 2.69. The Labute approximate surface area is 209 Å². The highest BCUT2D eigenvalue weighted by Crippen LogP contribution is 2.46. The highest BCUT2D eigenvalue weighted by atomic mass is 32.1. The molecule has 0 saturated heterocycles. The van der Waals surface area contributed by atoms with Gasteiger partial charge in [0.05, 0.1) is 0 Å². The zero-order chi connectivity index (χ0) is 22.7. The number of benzene rings is 2. The second kappa shape index (κ2) is 9.42. The second-order valence-electron chi connectivity index (χ2n) is 9.11. The van der Waals surface area contributed by atoms with Crippen LogP contribution in [0, 0.1) is 0 Å². The van der Waals surface area contributed by atoms with Gasteiger partial charge in [-0.2, -0.15) is 0 Å². The molecule has 3 heteroatoms. The van der Waals surface area contributed by atoms with E-state index in [-0.39, 0.29) is 10.8 Å². The fraction of sp³-hybridized carbons (Fsp3) is 0.200. The van der Waals surface area contributed by atoms with E-state index < -0.39 is 0 Å². The van der Waals surface area contributed by atoms with E-state index in [1.165, 1.54) is 30.6 Å². The summed E-state index contributed by atoms with van der Waals surface area (Å²) in [6.45, 7) is 4.84. The largest absolute Gasteiger partial charge is 0.148 e. The van der Waals surface area contributed by atoms with Gasteiger partial charge in [-0.3, -0.25) is 0 Å². The van der Waals surface area contributed by atoms with Crippen LogP contribution in [0.15, 0.2) is 108 Å². The molecule has 5 rings (SSSR count). The van der Waals surface area contributed by atoms with Crippen LogP contribution in [-0.2, 0) is 23.7 Å². The monoisotopic (exact) mass is 484 g/mol. The Morgan fingerprint density at radius 2 is 0.909 bits per heavy atom. The summed E-state index contributed by atoms with van der Waals surface area (Å²) < 4.78 is 0. The first-order chi connectivity index (χ1) is 16.1. The first kappa shape index (κ1) is 22.3. The van der Waals surface area contributed by atoms with Crippen molar-refractivity contribution < 1.29 is 0 Å². The molecule has 0 nitrogen and oxygen atoms in total. The Morgan fingerprint density at radius 3 is 1.27 bits per heavy atom. The third-order valence-electron chi connectivity index (χ3n) is 6.62. The van der Waals surface area contributed by atoms with Crippen LogP contribution < -0.4 is 0 Å². The van der Waals surface area contributed by atoms with E-state index in [2.05, 4.69) is 122 Å². The average molecular weight is 485 g/mol. The summed E-state index contributed by atoms with van der Waals surface area (Å²) in [4.78, 5) is 5.75. The van der Waals surface area contributed by atoms with Crippen LogP contribution in [0.2, 0.25) is 0 Å². The molecular formula is C30H28S3. The standard InChI is InChI=1S/C30H28S3/c1-29(25-15-9-19-31-25,21-23-11-5-3-6-12-23)27-17-18-28(33-27)30(2,26-16-10-20-32-26)22-24-13-7-4-8-14-24/h3-20H,21-22H2,1-2H3. The van der Waals surface area contributed by atoms with E-state index in [1.807, 2.05) is 34.0 Å². The molecule has 2 unspecified atom stereocenters. The molecule has 0 N–H and O–H groups in total. The quantitative estimate of drug-likeness (QED) is 0.206. The minimum Gasteiger partial charge on any atom is -0.148 e. The zero-order valence-electron chi connectivity index (χ0n) is 19.0. The lowest BCUT2D eigenvalue weighted by Crippen LogP contribution is -2.25. The van der Waals surface area contributed by atoms with E-state index >= 15 is 0 Å². The van der Waals surface area contributed by atoms with E-state index in [0.717, 1.165) is 12.8 Å². The molecular weight excluding hydrogens is 457 g/mol. The number of thiophene rings is 3. The predicted molar refractivity (Wildman–Crippen MR) is 146 cm³/mol. The van der Waals surface area contributed by atoms with Crippen molar-refractivity contribution in [2.45, 2.75) is 37.5 Å². The van der Waals surface area contributed by atoms with Crippen LogP contribution in [0.5, 0.6) is 0 Å². The second-order valence-corrected chi connectivity index (χ2v) is 12.1. The molecule has 0 radical (unpaired) electrons. The van der Waals surface area contributed by atoms with Gasteiger partial charge in [0.25, 0.3) is 0 Å². The molecule has 0 aliphatic rings. The maximum atomic E-state index is 2.42. The molecule has 0 aliphatic carbocycles. The predicted octanol–water partition coefficient (Wildman–Crippen LogP) is 8.97. The van der Waals surface area contributed by atoms with Gasteiger partial charge in [0.1, 0.15) is 0 Å². The lowest BCUT2D eigenvalue weighted by molar-refractivity contribution is 0.590. The third kappa shape index (κ3) is 4.50. The van der Waals surface area contributed by atoms with Crippen LogP contribution in [0.4, 0.5) is 0 Å². The number of hydrogen-bond acceptors (Lipinski definition) is 3. The van der Waals surface area contributed by atoms with Crippen LogP contribution in [0.3, 0.4) is 0 Å². The van der Waals surface area contributed by atoms with Crippen LogP contribution in [0.1, 0.15) is 44.5 Å². The van der Waals surface area contributed by atoms with Crippen molar-refractivity contribution in [1.29, 1.82) is 0 Å². The van der Waals surface area contributed by atoms with Crippen molar-refractivity contribution >= 4 is 34.0 Å². The molecule has 0 bridgehead atoms. The van der Waals surface area contributed by atoms with Crippen molar-refractivity contribution in [2.75, 3.05) is 0 Å². The lowest BCUT2D eigenvalue weighted by Gasteiger charge is -2.30. The maximum absolute atomic E-state index is 2.42. The Morgan fingerprint density at radius 1 is 0.485 bits per heavy atom. The van der Waals surface area contributed by atoms with Gasteiger partial charge in [-0.15, -0.1) is 34.0 Å². The van der Waals surface area contributed by atoms with Crippen molar-refractivity contribution in [3.63, 3.8) is 0 Å². The Kier molecular flexibility index (Phi) is 6.38. The summed E-state index contributed by atoms with van der Waals surface area (Å²) >= 11 is 5.73. The van der Waals surface area contributed by atoms with E-state index in [4.69, 9.17) is 0 Å². The van der Waals surface area contributed by atoms with Crippen LogP contribution in [0.25, 0.3) is 0 Å². The summed E-state index contributed by atoms with van der Waals surface area (Å²) in [5.74, 6) is 0. The highest BCUT2D eigenvalue weighted by Gasteiger charge is 2.36. The van der Waals surface area contributed by atoms with E-state index in [9.17, 15) is 0 Å². The summed E-state index contributed by atoms with van der Waals surface area (Å²) in [5, 5.41) is 4.41. The van der Waals surface area contributed by atoms with E-state index in [0.29, 0.717) is 0 Å². The fourth-order valence-corrected chi connectivity index (χ4v) is 7.97. The number of hydrogen-bond donors (Lipinski definition) is 0. The van der Waals surface area contributed by atoms with Gasteiger partial charge >= 0.3 is 0 Å². The Balaban J connectivity index is 1.57. The molecule has 3 heterocycles. The summed E-state index contributed by atoms with van der Waals surface area (Å²) in [6.07, 6.45) is 2.01. The van der Waals surface area contributed by atoms with Crippen molar-refractivity contribution in [2.24, 2.45) is 0 Å². The smallest absolute Gasteiger partial charge is 0.0402 e. The van der Waals surface area contributed by atoms with Crippen molar-refractivity contribution in [1.82, 2.24) is 0 Å². The highest BCUT2D eigenvalue weighted by molar-refractivity contribution is 7.14. The average Bonchev–Trinajstić information content (AvgIpc) is 3.63. The molecule has 3 aromatic heterocycles. The molecule has 0 spiro atoms. The SMILES string of the molecule is CC(Cc1ccccc1)(c1cccs1)c1ccc(C(C)(Cc2ccccc2)c2cccs2)s1. The first-order valence-corrected chi connectivity index (χ1v) is 13.9. The molecule has 5 aromatic rings. The van der Waals surface area contributed by atoms with Gasteiger partial charge in [-0.25, -0.2) is 0 Å². The molecule has 0 fully saturated rings. The van der Waals surface area contributed by atoms with Crippen molar-refractivity contribution in [3.05, 3.63) is 138 Å². The zero-order valence-corrected chi connectivity index (χ0v) is 21.5. The molecule has 2 atom stereocenters. The van der Waals surface area contributed by atoms with Crippen LogP contribution in [-0.4, -0.2) is 0 Å². The van der Waals surface area contributed by atoms with Gasteiger partial charge in [0, 0.05) is 30.3 Å². The Bertz CT molecular complexity index is 1170. The topological polar surface area (TPSA) is 0 Å². The molecule has 0 aliphatic heterocycles. The van der Waals surface area contributed by atoms with Gasteiger partial charge in [0.2, 0.25) is 0 Å². The minimum absolute atomic E-state index is 0.0401. The van der Waals surface area contributed by atoms with Gasteiger partial charge in [0.15, 0.2) is 0 Å². The normalized spacial score (nSPS) is 15.1. The molecule has 33 heavy (non-hydrogen) atoms. The fourth-order valence-electron chi connectivity index (χ4n) is 4.72. The summed E-state index contributed by atoms with van der Waals surface area (Å²) in [6, 6.07) is 35.6. The maximum Gasteiger partial charge on any atom is 0.0402 e. The third-order valence-corrected chi connectivity index (χ3v) is 10.5. The number of rotatable bonds is 8. The molecule has 0 amide bonds. The first-order valence-electron chi connectivity index (χ1n) is 11.3. The van der Waals surface area contributed by atoms with Gasteiger partial charge < -0.3 is 0 Å². The van der Waals surface area contributed by atoms with Gasteiger partial charge in [-0.1, -0.05) is 72.8 Å². The molecule has 2 aromatic carbocycles. The summed E-state index contributed by atoms with van der Waals surface area (Å²) in [7, 11) is 0. The van der Waals surface area contributed by atoms with Crippen LogP contribution >= 0.6 is 34.0 Å². The van der Waals surface area contributed by atoms with Crippen molar-refractivity contribution in [3.8, 4) is 0 Å². The minimum atomic E-state index is -0.0401. The Hall–Kier alpha value is -2.46. The van der Waals surface area contributed by atoms with E-state index in [1.54, 1.807) is 0 Å².